The third kappa shape index (κ3) is 5.39. The number of amides is 1. The summed E-state index contributed by atoms with van der Waals surface area (Å²) in [5, 5.41) is 10.2. The van der Waals surface area contributed by atoms with Crippen molar-refractivity contribution in [3.05, 3.63) is 29.3 Å². The zero-order valence-corrected chi connectivity index (χ0v) is 14.8. The predicted octanol–water partition coefficient (Wildman–Crippen LogP) is 1.82. The summed E-state index contributed by atoms with van der Waals surface area (Å²) in [6, 6.07) is 6.01. The normalized spacial score (nSPS) is 16.8. The topological polar surface area (TPSA) is 62.2 Å². The lowest BCUT2D eigenvalue weighted by molar-refractivity contribution is 0.0406. The van der Waals surface area contributed by atoms with Gasteiger partial charge in [0.1, 0.15) is 18.5 Å². The first kappa shape index (κ1) is 18.5. The van der Waals surface area contributed by atoms with E-state index in [9.17, 15) is 9.90 Å². The van der Waals surface area contributed by atoms with E-state index < -0.39 is 6.10 Å². The Hall–Kier alpha value is -1.79. The third-order valence-electron chi connectivity index (χ3n) is 4.13. The summed E-state index contributed by atoms with van der Waals surface area (Å²) in [5.74, 6) is 0.812. The van der Waals surface area contributed by atoms with Gasteiger partial charge in [-0.15, -0.1) is 0 Å². The van der Waals surface area contributed by atoms with Crippen LogP contribution in [-0.4, -0.2) is 73.0 Å². The maximum Gasteiger partial charge on any atom is 0.409 e. The molecule has 134 valence electrons. The van der Waals surface area contributed by atoms with Crippen molar-refractivity contribution >= 4 is 6.09 Å². The van der Waals surface area contributed by atoms with Gasteiger partial charge in [0, 0.05) is 32.7 Å². The molecule has 1 aromatic rings. The third-order valence-corrected chi connectivity index (χ3v) is 4.13. The summed E-state index contributed by atoms with van der Waals surface area (Å²) in [4.78, 5) is 15.5. The molecule has 0 unspecified atom stereocenters. The van der Waals surface area contributed by atoms with Gasteiger partial charge in [-0.3, -0.25) is 4.90 Å². The second-order valence-corrected chi connectivity index (χ2v) is 6.22. The number of carbonyl (C=O) groups is 1. The molecule has 1 heterocycles. The molecule has 1 aliphatic rings. The van der Waals surface area contributed by atoms with E-state index in [0.29, 0.717) is 26.2 Å². The first-order chi connectivity index (χ1) is 11.5. The van der Waals surface area contributed by atoms with Crippen LogP contribution in [0.15, 0.2) is 18.2 Å². The highest BCUT2D eigenvalue weighted by Gasteiger charge is 2.23. The number of ether oxygens (including phenoxy) is 2. The second-order valence-electron chi connectivity index (χ2n) is 6.22. The molecule has 6 heteroatoms. The first-order valence-electron chi connectivity index (χ1n) is 8.51. The van der Waals surface area contributed by atoms with Crippen molar-refractivity contribution in [1.82, 2.24) is 9.80 Å². The van der Waals surface area contributed by atoms with Gasteiger partial charge >= 0.3 is 6.09 Å². The molecule has 1 aliphatic heterocycles. The van der Waals surface area contributed by atoms with Gasteiger partial charge < -0.3 is 19.5 Å². The number of aryl methyl sites for hydroxylation is 2. The van der Waals surface area contributed by atoms with Crippen molar-refractivity contribution in [2.75, 3.05) is 45.9 Å². The minimum Gasteiger partial charge on any atom is -0.491 e. The van der Waals surface area contributed by atoms with Crippen LogP contribution >= 0.6 is 0 Å². The van der Waals surface area contributed by atoms with Crippen LogP contribution < -0.4 is 4.74 Å². The van der Waals surface area contributed by atoms with Gasteiger partial charge in [0.25, 0.3) is 0 Å². The van der Waals surface area contributed by atoms with Gasteiger partial charge in [0.05, 0.1) is 6.61 Å². The number of piperazine rings is 1. The van der Waals surface area contributed by atoms with E-state index in [2.05, 4.69) is 11.0 Å². The van der Waals surface area contributed by atoms with Crippen LogP contribution in [0.1, 0.15) is 18.1 Å². The molecule has 0 aromatic heterocycles. The van der Waals surface area contributed by atoms with E-state index in [1.54, 1.807) is 11.8 Å². The quantitative estimate of drug-likeness (QED) is 0.858. The number of β-amino-alcohol motifs (C(OH)–C–C–N with tert-alkyl or cyclic N) is 1. The smallest absolute Gasteiger partial charge is 0.409 e. The maximum absolute atomic E-state index is 11.7. The monoisotopic (exact) mass is 336 g/mol. The molecule has 0 radical (unpaired) electrons. The Bertz CT molecular complexity index is 542. The van der Waals surface area contributed by atoms with Gasteiger partial charge in [-0.05, 0) is 32.4 Å². The predicted molar refractivity (Wildman–Crippen MR) is 92.5 cm³/mol. The van der Waals surface area contributed by atoms with Gasteiger partial charge in [-0.1, -0.05) is 17.7 Å². The lowest BCUT2D eigenvalue weighted by atomic mass is 10.1. The molecule has 0 bridgehead atoms. The summed E-state index contributed by atoms with van der Waals surface area (Å²) in [5.41, 5.74) is 2.27. The Kier molecular flexibility index (Phi) is 6.87. The number of rotatable bonds is 6. The number of hydrogen-bond acceptors (Lipinski definition) is 5. The van der Waals surface area contributed by atoms with Crippen molar-refractivity contribution in [3.8, 4) is 5.75 Å². The zero-order valence-electron chi connectivity index (χ0n) is 14.8. The SMILES string of the molecule is CCOC(=O)N1CCN(C[C@H](O)COc2ccc(C)cc2C)CC1. The number of benzene rings is 1. The van der Waals surface area contributed by atoms with Gasteiger partial charge in [-0.25, -0.2) is 4.79 Å². The minimum atomic E-state index is -0.556. The van der Waals surface area contributed by atoms with Gasteiger partial charge in [0.15, 0.2) is 0 Å². The van der Waals surface area contributed by atoms with Gasteiger partial charge in [-0.2, -0.15) is 0 Å². The number of aliphatic hydroxyl groups excluding tert-OH is 1. The Morgan fingerprint density at radius 2 is 1.96 bits per heavy atom. The molecular formula is C18H28N2O4. The van der Waals surface area contributed by atoms with Crippen molar-refractivity contribution in [2.24, 2.45) is 0 Å². The first-order valence-corrected chi connectivity index (χ1v) is 8.51. The fourth-order valence-electron chi connectivity index (χ4n) is 2.83. The standard InChI is InChI=1S/C18H28N2O4/c1-4-23-18(22)20-9-7-19(8-10-20)12-16(21)13-24-17-6-5-14(2)11-15(17)3/h5-6,11,16,21H,4,7-10,12-13H2,1-3H3/t16-/m0/s1. The summed E-state index contributed by atoms with van der Waals surface area (Å²) in [6.45, 7) is 9.79. The molecule has 1 N–H and O–H groups in total. The second kappa shape index (κ2) is 8.89. The van der Waals surface area contributed by atoms with Crippen molar-refractivity contribution < 1.29 is 19.4 Å². The number of carbonyl (C=O) groups excluding carboxylic acids is 1. The Morgan fingerprint density at radius 1 is 1.25 bits per heavy atom. The van der Waals surface area contributed by atoms with E-state index in [-0.39, 0.29) is 12.7 Å². The van der Waals surface area contributed by atoms with Crippen molar-refractivity contribution in [2.45, 2.75) is 26.9 Å². The lowest BCUT2D eigenvalue weighted by Gasteiger charge is -2.34. The molecule has 0 spiro atoms. The van der Waals surface area contributed by atoms with E-state index in [0.717, 1.165) is 24.4 Å². The van der Waals surface area contributed by atoms with E-state index >= 15 is 0 Å². The fourth-order valence-corrected chi connectivity index (χ4v) is 2.83. The summed E-state index contributed by atoms with van der Waals surface area (Å²) >= 11 is 0. The highest BCUT2D eigenvalue weighted by molar-refractivity contribution is 5.67. The molecule has 1 fully saturated rings. The molecule has 1 aromatic carbocycles. The number of aliphatic hydroxyl groups is 1. The van der Waals surface area contributed by atoms with Crippen molar-refractivity contribution in [3.63, 3.8) is 0 Å². The summed E-state index contributed by atoms with van der Waals surface area (Å²) < 4.78 is 10.7. The molecule has 24 heavy (non-hydrogen) atoms. The zero-order chi connectivity index (χ0) is 17.5. The summed E-state index contributed by atoms with van der Waals surface area (Å²) in [6.07, 6.45) is -0.810. The highest BCUT2D eigenvalue weighted by Crippen LogP contribution is 2.19. The van der Waals surface area contributed by atoms with E-state index in [1.165, 1.54) is 5.56 Å². The van der Waals surface area contributed by atoms with Crippen LogP contribution in [0.5, 0.6) is 5.75 Å². The molecular weight excluding hydrogens is 308 g/mol. The maximum atomic E-state index is 11.7. The van der Waals surface area contributed by atoms with Crippen LogP contribution in [0.3, 0.4) is 0 Å². The van der Waals surface area contributed by atoms with Crippen LogP contribution in [-0.2, 0) is 4.74 Å². The Morgan fingerprint density at radius 3 is 2.58 bits per heavy atom. The molecule has 0 saturated carbocycles. The molecule has 1 saturated heterocycles. The molecule has 2 rings (SSSR count). The van der Waals surface area contributed by atoms with Crippen molar-refractivity contribution in [1.29, 1.82) is 0 Å². The molecule has 1 amide bonds. The number of nitrogens with zero attached hydrogens (tertiary/aromatic N) is 2. The largest absolute Gasteiger partial charge is 0.491 e. The fraction of sp³-hybridized carbons (Fsp3) is 0.611. The highest BCUT2D eigenvalue weighted by atomic mass is 16.6. The van der Waals surface area contributed by atoms with E-state index in [1.807, 2.05) is 26.0 Å². The Labute approximate surface area is 144 Å². The van der Waals surface area contributed by atoms with Crippen LogP contribution in [0, 0.1) is 13.8 Å². The van der Waals surface area contributed by atoms with Crippen LogP contribution in [0.25, 0.3) is 0 Å². The van der Waals surface area contributed by atoms with Gasteiger partial charge in [0.2, 0.25) is 0 Å². The Balaban J connectivity index is 1.71. The molecule has 0 aliphatic carbocycles. The summed E-state index contributed by atoms with van der Waals surface area (Å²) in [7, 11) is 0. The number of hydrogen-bond donors (Lipinski definition) is 1. The molecule has 6 nitrogen and oxygen atoms in total. The van der Waals surface area contributed by atoms with E-state index in [4.69, 9.17) is 9.47 Å². The van der Waals surface area contributed by atoms with Crippen LogP contribution in [0.4, 0.5) is 4.79 Å². The average Bonchev–Trinajstić information content (AvgIpc) is 2.55. The van der Waals surface area contributed by atoms with Crippen LogP contribution in [0.2, 0.25) is 0 Å². The lowest BCUT2D eigenvalue weighted by Crippen LogP contribution is -2.51. The molecule has 1 atom stereocenters. The average molecular weight is 336 g/mol. The minimum absolute atomic E-state index is 0.254.